The molecule has 1 aliphatic rings. The van der Waals surface area contributed by atoms with Crippen molar-refractivity contribution in [2.24, 2.45) is 5.92 Å². The Morgan fingerprint density at radius 2 is 1.90 bits per heavy atom. The summed E-state index contributed by atoms with van der Waals surface area (Å²) in [5.41, 5.74) is 5.71. The second-order valence-corrected chi connectivity index (χ2v) is 5.49. The van der Waals surface area contributed by atoms with Crippen molar-refractivity contribution in [3.05, 3.63) is 6.07 Å². The first-order chi connectivity index (χ1) is 9.67. The number of nitrogens with zero attached hydrogens (tertiary/aromatic N) is 3. The molecule has 0 aliphatic carbocycles. The minimum absolute atomic E-state index is 0.310. The number of aromatic nitrogens is 2. The largest absolute Gasteiger partial charge is 0.370 e. The number of nitrogen functional groups attached to an aromatic ring is 1. The first-order valence-electron chi connectivity index (χ1n) is 7.48. The number of likely N-dealkylation sites (tertiary alicyclic amines) is 1. The van der Waals surface area contributed by atoms with Gasteiger partial charge in [0.25, 0.3) is 0 Å². The summed E-state index contributed by atoms with van der Waals surface area (Å²) in [5.74, 6) is 2.72. The summed E-state index contributed by atoms with van der Waals surface area (Å²) in [6.45, 7) is 6.23. The van der Waals surface area contributed by atoms with Crippen LogP contribution in [0.4, 0.5) is 17.6 Å². The van der Waals surface area contributed by atoms with E-state index in [-0.39, 0.29) is 0 Å². The fourth-order valence-corrected chi connectivity index (χ4v) is 2.58. The van der Waals surface area contributed by atoms with Gasteiger partial charge in [-0.3, -0.25) is 0 Å². The van der Waals surface area contributed by atoms with Crippen LogP contribution in [0.25, 0.3) is 0 Å². The number of hydrogen-bond acceptors (Lipinski definition) is 6. The molecule has 1 fully saturated rings. The smallest absolute Gasteiger partial charge is 0.223 e. The number of rotatable bonds is 6. The number of nitrogens with two attached hydrogens (primary N) is 1. The number of anilines is 3. The van der Waals surface area contributed by atoms with Crippen LogP contribution in [0.5, 0.6) is 0 Å². The molecule has 6 nitrogen and oxygen atoms in total. The molecule has 0 radical (unpaired) electrons. The molecule has 0 unspecified atom stereocenters. The molecule has 0 atom stereocenters. The third kappa shape index (κ3) is 4.52. The SMILES string of the molecule is CCNc1cc(NCCC2CCN(C)CC2)nc(N)n1. The van der Waals surface area contributed by atoms with Crippen molar-refractivity contribution in [3.63, 3.8) is 0 Å². The molecule has 4 N–H and O–H groups in total. The normalized spacial score (nSPS) is 17.1. The van der Waals surface area contributed by atoms with E-state index < -0.39 is 0 Å². The van der Waals surface area contributed by atoms with E-state index in [2.05, 4.69) is 32.5 Å². The first-order valence-corrected chi connectivity index (χ1v) is 7.48. The summed E-state index contributed by atoms with van der Waals surface area (Å²) in [4.78, 5) is 10.8. The van der Waals surface area contributed by atoms with Gasteiger partial charge in [0.2, 0.25) is 5.95 Å². The molecule has 0 amide bonds. The molecule has 2 heterocycles. The first kappa shape index (κ1) is 14.8. The highest BCUT2D eigenvalue weighted by Crippen LogP contribution is 2.20. The highest BCUT2D eigenvalue weighted by Gasteiger charge is 2.16. The fraction of sp³-hybridized carbons (Fsp3) is 0.714. The number of piperidine rings is 1. The Labute approximate surface area is 121 Å². The molecule has 20 heavy (non-hydrogen) atoms. The Morgan fingerprint density at radius 3 is 2.55 bits per heavy atom. The molecule has 112 valence electrons. The molecule has 1 aromatic heterocycles. The van der Waals surface area contributed by atoms with Crippen LogP contribution in [-0.4, -0.2) is 48.1 Å². The average molecular weight is 278 g/mol. The fourth-order valence-electron chi connectivity index (χ4n) is 2.58. The van der Waals surface area contributed by atoms with E-state index in [4.69, 9.17) is 5.73 Å². The van der Waals surface area contributed by atoms with Crippen molar-refractivity contribution in [3.8, 4) is 0 Å². The van der Waals surface area contributed by atoms with Crippen LogP contribution in [0, 0.1) is 5.92 Å². The van der Waals surface area contributed by atoms with Gasteiger partial charge in [-0.15, -0.1) is 0 Å². The summed E-state index contributed by atoms with van der Waals surface area (Å²) >= 11 is 0. The monoisotopic (exact) mass is 278 g/mol. The minimum Gasteiger partial charge on any atom is -0.370 e. The zero-order chi connectivity index (χ0) is 14.4. The van der Waals surface area contributed by atoms with Crippen LogP contribution in [0.3, 0.4) is 0 Å². The van der Waals surface area contributed by atoms with E-state index >= 15 is 0 Å². The van der Waals surface area contributed by atoms with E-state index in [9.17, 15) is 0 Å². The van der Waals surface area contributed by atoms with Gasteiger partial charge < -0.3 is 21.3 Å². The summed E-state index contributed by atoms with van der Waals surface area (Å²) in [5, 5.41) is 6.51. The van der Waals surface area contributed by atoms with E-state index in [0.717, 1.165) is 30.6 Å². The van der Waals surface area contributed by atoms with Crippen LogP contribution in [0.2, 0.25) is 0 Å². The Kier molecular flexibility index (Phi) is 5.40. The van der Waals surface area contributed by atoms with E-state index in [1.54, 1.807) is 0 Å². The van der Waals surface area contributed by atoms with Gasteiger partial charge in [-0.05, 0) is 52.2 Å². The summed E-state index contributed by atoms with van der Waals surface area (Å²) < 4.78 is 0. The quantitative estimate of drug-likeness (QED) is 0.734. The van der Waals surface area contributed by atoms with Gasteiger partial charge in [0.15, 0.2) is 0 Å². The zero-order valence-corrected chi connectivity index (χ0v) is 12.5. The third-order valence-electron chi connectivity index (χ3n) is 3.80. The van der Waals surface area contributed by atoms with Crippen molar-refractivity contribution < 1.29 is 0 Å². The maximum absolute atomic E-state index is 5.71. The number of hydrogen-bond donors (Lipinski definition) is 3. The second kappa shape index (κ2) is 7.28. The van der Waals surface area contributed by atoms with E-state index in [1.165, 1.54) is 32.4 Å². The molecule has 0 saturated carbocycles. The molecular weight excluding hydrogens is 252 g/mol. The highest BCUT2D eigenvalue weighted by atomic mass is 15.1. The van der Waals surface area contributed by atoms with Crippen LogP contribution in [0.1, 0.15) is 26.2 Å². The lowest BCUT2D eigenvalue weighted by atomic mass is 9.94. The lowest BCUT2D eigenvalue weighted by molar-refractivity contribution is 0.215. The predicted molar refractivity (Wildman–Crippen MR) is 83.9 cm³/mol. The van der Waals surface area contributed by atoms with Crippen molar-refractivity contribution in [1.82, 2.24) is 14.9 Å². The van der Waals surface area contributed by atoms with Gasteiger partial charge in [0.1, 0.15) is 11.6 Å². The van der Waals surface area contributed by atoms with Crippen LogP contribution in [-0.2, 0) is 0 Å². The van der Waals surface area contributed by atoms with Crippen LogP contribution in [0.15, 0.2) is 6.07 Å². The van der Waals surface area contributed by atoms with Crippen molar-refractivity contribution in [2.45, 2.75) is 26.2 Å². The molecule has 0 bridgehead atoms. The maximum Gasteiger partial charge on any atom is 0.223 e. The van der Waals surface area contributed by atoms with Gasteiger partial charge in [-0.2, -0.15) is 9.97 Å². The lowest BCUT2D eigenvalue weighted by Crippen LogP contribution is -2.30. The molecule has 0 spiro atoms. The Hall–Kier alpha value is -1.56. The lowest BCUT2D eigenvalue weighted by Gasteiger charge is -2.28. The highest BCUT2D eigenvalue weighted by molar-refractivity contribution is 5.50. The zero-order valence-electron chi connectivity index (χ0n) is 12.5. The van der Waals surface area contributed by atoms with Gasteiger partial charge >= 0.3 is 0 Å². The summed E-state index contributed by atoms with van der Waals surface area (Å²) in [7, 11) is 2.19. The molecule has 1 aliphatic heterocycles. The van der Waals surface area contributed by atoms with Crippen LogP contribution < -0.4 is 16.4 Å². The average Bonchev–Trinajstić information content (AvgIpc) is 2.41. The van der Waals surface area contributed by atoms with Gasteiger partial charge in [-0.25, -0.2) is 0 Å². The van der Waals surface area contributed by atoms with Gasteiger partial charge in [0, 0.05) is 19.2 Å². The summed E-state index contributed by atoms with van der Waals surface area (Å²) in [6, 6.07) is 1.91. The predicted octanol–water partition coefficient (Wildman–Crippen LogP) is 1.63. The molecule has 1 saturated heterocycles. The topological polar surface area (TPSA) is 79.1 Å². The number of nitrogens with one attached hydrogen (secondary N) is 2. The van der Waals surface area contributed by atoms with E-state index in [0.29, 0.717) is 5.95 Å². The van der Waals surface area contributed by atoms with Crippen molar-refractivity contribution in [1.29, 1.82) is 0 Å². The van der Waals surface area contributed by atoms with Crippen molar-refractivity contribution in [2.75, 3.05) is 49.6 Å². The maximum atomic E-state index is 5.71. The molecule has 2 rings (SSSR count). The summed E-state index contributed by atoms with van der Waals surface area (Å²) in [6.07, 6.45) is 3.79. The molecule has 1 aromatic rings. The minimum atomic E-state index is 0.310. The van der Waals surface area contributed by atoms with Crippen molar-refractivity contribution >= 4 is 17.6 Å². The second-order valence-electron chi connectivity index (χ2n) is 5.49. The van der Waals surface area contributed by atoms with Gasteiger partial charge in [-0.1, -0.05) is 0 Å². The molecule has 6 heteroatoms. The van der Waals surface area contributed by atoms with E-state index in [1.807, 2.05) is 13.0 Å². The Bertz CT molecular complexity index is 414. The standard InChI is InChI=1S/C14H26N6/c1-3-16-12-10-13(19-14(15)18-12)17-7-4-11-5-8-20(2)9-6-11/h10-11H,3-9H2,1-2H3,(H4,15,16,17,18,19). The van der Waals surface area contributed by atoms with Gasteiger partial charge in [0.05, 0.1) is 0 Å². The van der Waals surface area contributed by atoms with Crippen LogP contribution >= 0.6 is 0 Å². The Morgan fingerprint density at radius 1 is 1.25 bits per heavy atom. The molecular formula is C14H26N6. The Balaban J connectivity index is 1.78. The molecule has 0 aromatic carbocycles. The third-order valence-corrected chi connectivity index (χ3v) is 3.80.